The zero-order chi connectivity index (χ0) is 19.5. The van der Waals surface area contributed by atoms with E-state index in [-0.39, 0.29) is 11.9 Å². The van der Waals surface area contributed by atoms with Crippen LogP contribution < -0.4 is 5.32 Å². The first-order valence-corrected chi connectivity index (χ1v) is 8.42. The minimum atomic E-state index is -5.08. The topological polar surface area (TPSA) is 82.8 Å². The molecule has 1 aromatic heterocycles. The largest absolute Gasteiger partial charge is 0.490 e. The van der Waals surface area contributed by atoms with E-state index in [0.29, 0.717) is 12.3 Å². The van der Waals surface area contributed by atoms with E-state index in [1.54, 1.807) is 6.26 Å². The molecule has 0 radical (unpaired) electrons. The molecule has 1 unspecified atom stereocenters. The van der Waals surface area contributed by atoms with Gasteiger partial charge in [0.2, 0.25) is 5.91 Å². The molecule has 1 aliphatic heterocycles. The van der Waals surface area contributed by atoms with Crippen molar-refractivity contribution in [1.29, 1.82) is 0 Å². The fourth-order valence-electron chi connectivity index (χ4n) is 3.39. The number of halogens is 3. The molecule has 26 heavy (non-hydrogen) atoms. The Morgan fingerprint density at radius 2 is 1.92 bits per heavy atom. The first kappa shape index (κ1) is 20.3. The number of furan rings is 1. The van der Waals surface area contributed by atoms with E-state index in [2.05, 4.69) is 10.2 Å². The van der Waals surface area contributed by atoms with Crippen LogP contribution in [-0.4, -0.2) is 47.2 Å². The maximum Gasteiger partial charge on any atom is 0.490 e. The average Bonchev–Trinajstić information content (AvgIpc) is 2.92. The number of carbonyl (C=O) groups excluding carboxylic acids is 1. The summed E-state index contributed by atoms with van der Waals surface area (Å²) in [5, 5.41) is 10.1. The lowest BCUT2D eigenvalue weighted by Gasteiger charge is -2.18. The van der Waals surface area contributed by atoms with Gasteiger partial charge in [0.25, 0.3) is 0 Å². The summed E-state index contributed by atoms with van der Waals surface area (Å²) in [6.07, 6.45) is -2.65. The third-order valence-corrected chi connectivity index (χ3v) is 4.52. The van der Waals surface area contributed by atoms with Crippen molar-refractivity contribution in [2.75, 3.05) is 13.1 Å². The molecule has 2 heterocycles. The number of amides is 1. The van der Waals surface area contributed by atoms with Crippen LogP contribution in [0.15, 0.2) is 22.8 Å². The van der Waals surface area contributed by atoms with Crippen molar-refractivity contribution < 1.29 is 32.3 Å². The maximum absolute atomic E-state index is 11.7. The van der Waals surface area contributed by atoms with E-state index in [4.69, 9.17) is 14.3 Å². The van der Waals surface area contributed by atoms with Crippen molar-refractivity contribution in [3.8, 4) is 0 Å². The molecule has 2 fully saturated rings. The van der Waals surface area contributed by atoms with Gasteiger partial charge in [0, 0.05) is 25.6 Å². The number of hydrogen-bond acceptors (Lipinski definition) is 4. The Morgan fingerprint density at radius 1 is 1.35 bits per heavy atom. The molecular weight excluding hydrogens is 353 g/mol. The molecule has 1 aromatic rings. The second-order valence-corrected chi connectivity index (χ2v) is 6.99. The lowest BCUT2D eigenvalue weighted by molar-refractivity contribution is -0.192. The molecule has 1 amide bonds. The highest BCUT2D eigenvalue weighted by molar-refractivity contribution is 5.77. The zero-order valence-electron chi connectivity index (χ0n) is 14.6. The van der Waals surface area contributed by atoms with Gasteiger partial charge in [0.15, 0.2) is 0 Å². The van der Waals surface area contributed by atoms with E-state index in [9.17, 15) is 18.0 Å². The van der Waals surface area contributed by atoms with Crippen LogP contribution in [0.2, 0.25) is 0 Å². The lowest BCUT2D eigenvalue weighted by atomic mass is 10.1. The molecule has 0 spiro atoms. The molecular formula is C17H23F3N2O4. The molecule has 6 nitrogen and oxygen atoms in total. The summed E-state index contributed by atoms with van der Waals surface area (Å²) in [5.41, 5.74) is 0. The van der Waals surface area contributed by atoms with E-state index in [1.807, 2.05) is 26.0 Å². The standard InChI is InChI=1S/C15H22N2O2.C2HF3O2/c1-10(2)16-15(18)6-12-13-8-17(9-14(12)13)7-11-4-3-5-19-11;3-2(4,5)1(6)7/h3-5,10,12-14H,6-9H2,1-2H3,(H,16,18);(H,6,7)/t12?,13-,14+;. The summed E-state index contributed by atoms with van der Waals surface area (Å²) in [7, 11) is 0. The van der Waals surface area contributed by atoms with Crippen molar-refractivity contribution in [3.63, 3.8) is 0 Å². The van der Waals surface area contributed by atoms with Gasteiger partial charge in [-0.1, -0.05) is 0 Å². The molecule has 1 saturated carbocycles. The fourth-order valence-corrected chi connectivity index (χ4v) is 3.39. The predicted molar refractivity (Wildman–Crippen MR) is 86.0 cm³/mol. The number of likely N-dealkylation sites (tertiary alicyclic amines) is 1. The van der Waals surface area contributed by atoms with Gasteiger partial charge in [0.05, 0.1) is 12.8 Å². The molecule has 2 aliphatic rings. The molecule has 146 valence electrons. The van der Waals surface area contributed by atoms with Gasteiger partial charge in [-0.25, -0.2) is 4.79 Å². The number of nitrogens with zero attached hydrogens (tertiary/aromatic N) is 1. The number of nitrogens with one attached hydrogen (secondary N) is 1. The lowest BCUT2D eigenvalue weighted by Crippen LogP contribution is -2.31. The average molecular weight is 376 g/mol. The Bertz CT molecular complexity index is 604. The third-order valence-electron chi connectivity index (χ3n) is 4.52. The first-order valence-electron chi connectivity index (χ1n) is 8.42. The van der Waals surface area contributed by atoms with Gasteiger partial charge >= 0.3 is 12.1 Å². The van der Waals surface area contributed by atoms with Crippen LogP contribution in [0.25, 0.3) is 0 Å². The Morgan fingerprint density at radius 3 is 2.35 bits per heavy atom. The van der Waals surface area contributed by atoms with Crippen LogP contribution >= 0.6 is 0 Å². The van der Waals surface area contributed by atoms with Crippen molar-refractivity contribution >= 4 is 11.9 Å². The SMILES string of the molecule is CC(C)NC(=O)CC1[C@H]2CN(Cc3ccco3)C[C@@H]12.O=C(O)C(F)(F)F. The smallest absolute Gasteiger partial charge is 0.475 e. The normalized spacial score (nSPS) is 24.6. The minimum Gasteiger partial charge on any atom is -0.475 e. The van der Waals surface area contributed by atoms with Crippen LogP contribution in [0, 0.1) is 17.8 Å². The number of piperidine rings is 1. The van der Waals surface area contributed by atoms with Gasteiger partial charge in [-0.15, -0.1) is 0 Å². The number of hydrogen-bond donors (Lipinski definition) is 2. The molecule has 0 aromatic carbocycles. The number of carboxylic acid groups (broad SMARTS) is 1. The van der Waals surface area contributed by atoms with Gasteiger partial charge < -0.3 is 14.8 Å². The molecule has 3 rings (SSSR count). The number of carboxylic acids is 1. The third kappa shape index (κ3) is 5.76. The Kier molecular flexibility index (Phi) is 6.33. The second kappa shape index (κ2) is 8.11. The number of fused-ring (bicyclic) bond motifs is 1. The summed E-state index contributed by atoms with van der Waals surface area (Å²) in [6.45, 7) is 7.16. The maximum atomic E-state index is 11.7. The summed E-state index contributed by atoms with van der Waals surface area (Å²) in [6, 6.07) is 4.21. The van der Waals surface area contributed by atoms with Gasteiger partial charge in [-0.2, -0.15) is 13.2 Å². The molecule has 0 bridgehead atoms. The Hall–Kier alpha value is -2.03. The van der Waals surface area contributed by atoms with E-state index < -0.39 is 12.1 Å². The van der Waals surface area contributed by atoms with E-state index >= 15 is 0 Å². The molecule has 9 heteroatoms. The molecule has 1 aliphatic carbocycles. The van der Waals surface area contributed by atoms with Crippen LogP contribution in [-0.2, 0) is 16.1 Å². The number of aliphatic carboxylic acids is 1. The summed E-state index contributed by atoms with van der Waals surface area (Å²) < 4.78 is 37.1. The highest BCUT2D eigenvalue weighted by atomic mass is 19.4. The van der Waals surface area contributed by atoms with Gasteiger partial charge in [-0.05, 0) is 43.7 Å². The highest BCUT2D eigenvalue weighted by Gasteiger charge is 2.55. The predicted octanol–water partition coefficient (Wildman–Crippen LogP) is 2.51. The zero-order valence-corrected chi connectivity index (χ0v) is 14.6. The van der Waals surface area contributed by atoms with E-state index in [1.165, 1.54) is 0 Å². The van der Waals surface area contributed by atoms with Crippen LogP contribution in [0.5, 0.6) is 0 Å². The summed E-state index contributed by atoms with van der Waals surface area (Å²) in [5.74, 6) is 0.572. The van der Waals surface area contributed by atoms with Crippen molar-refractivity contribution in [2.24, 2.45) is 17.8 Å². The second-order valence-electron chi connectivity index (χ2n) is 6.99. The number of alkyl halides is 3. The Balaban J connectivity index is 0.000000298. The summed E-state index contributed by atoms with van der Waals surface area (Å²) in [4.78, 5) is 23.1. The molecule has 2 N–H and O–H groups in total. The molecule has 1 saturated heterocycles. The van der Waals surface area contributed by atoms with Crippen LogP contribution in [0.1, 0.15) is 26.0 Å². The van der Waals surface area contributed by atoms with Gasteiger partial charge in [0.1, 0.15) is 5.76 Å². The van der Waals surface area contributed by atoms with Crippen LogP contribution in [0.4, 0.5) is 13.2 Å². The van der Waals surface area contributed by atoms with Crippen molar-refractivity contribution in [2.45, 2.75) is 39.0 Å². The number of rotatable bonds is 5. The molecule has 3 atom stereocenters. The quantitative estimate of drug-likeness (QED) is 0.825. The highest BCUT2D eigenvalue weighted by Crippen LogP contribution is 2.53. The first-order chi connectivity index (χ1) is 12.1. The fraction of sp³-hybridized carbons (Fsp3) is 0.647. The minimum absolute atomic E-state index is 0.215. The van der Waals surface area contributed by atoms with Gasteiger partial charge in [-0.3, -0.25) is 9.69 Å². The summed E-state index contributed by atoms with van der Waals surface area (Å²) >= 11 is 0. The van der Waals surface area contributed by atoms with E-state index in [0.717, 1.165) is 37.2 Å². The Labute approximate surface area is 149 Å². The van der Waals surface area contributed by atoms with Crippen molar-refractivity contribution in [1.82, 2.24) is 10.2 Å². The number of carbonyl (C=O) groups is 2. The van der Waals surface area contributed by atoms with Crippen molar-refractivity contribution in [3.05, 3.63) is 24.2 Å². The van der Waals surface area contributed by atoms with Crippen LogP contribution in [0.3, 0.4) is 0 Å². The monoisotopic (exact) mass is 376 g/mol.